The van der Waals surface area contributed by atoms with Crippen molar-refractivity contribution < 1.29 is 14.3 Å². The van der Waals surface area contributed by atoms with E-state index in [0.29, 0.717) is 34.6 Å². The number of tetrazole rings is 1. The Morgan fingerprint density at radius 1 is 1.15 bits per heavy atom. The van der Waals surface area contributed by atoms with E-state index in [1.807, 2.05) is 28.9 Å². The number of ether oxygens (including phenoxy) is 2. The molecule has 1 aromatic heterocycles. The maximum absolute atomic E-state index is 12.7. The highest BCUT2D eigenvalue weighted by Crippen LogP contribution is 2.36. The molecule has 0 atom stereocenters. The number of aromatic nitrogens is 4. The molecule has 2 aromatic carbocycles. The van der Waals surface area contributed by atoms with Crippen LogP contribution < -0.4 is 14.8 Å². The minimum atomic E-state index is -0.270. The van der Waals surface area contributed by atoms with Crippen LogP contribution >= 0.6 is 0 Å². The molecule has 0 saturated heterocycles. The van der Waals surface area contributed by atoms with E-state index in [4.69, 9.17) is 9.47 Å². The van der Waals surface area contributed by atoms with Gasteiger partial charge in [0.05, 0.1) is 25.8 Å². The molecule has 8 heteroatoms. The van der Waals surface area contributed by atoms with Crippen molar-refractivity contribution in [2.24, 2.45) is 0 Å². The monoisotopic (exact) mass is 365 g/mol. The number of benzene rings is 2. The smallest absolute Gasteiger partial charge is 0.259 e. The highest BCUT2D eigenvalue weighted by molar-refractivity contribution is 6.06. The Labute approximate surface area is 156 Å². The average Bonchev–Trinajstić information content (AvgIpc) is 3.43. The van der Waals surface area contributed by atoms with Crippen molar-refractivity contribution in [3.63, 3.8) is 0 Å². The first-order valence-corrected chi connectivity index (χ1v) is 8.61. The summed E-state index contributed by atoms with van der Waals surface area (Å²) >= 11 is 0. The van der Waals surface area contributed by atoms with Gasteiger partial charge in [-0.2, -0.15) is 0 Å². The molecule has 0 spiro atoms. The van der Waals surface area contributed by atoms with Crippen molar-refractivity contribution in [3.8, 4) is 22.9 Å². The normalized spacial score (nSPS) is 13.3. The zero-order chi connectivity index (χ0) is 18.8. The molecule has 0 bridgehead atoms. The first kappa shape index (κ1) is 17.0. The molecule has 27 heavy (non-hydrogen) atoms. The summed E-state index contributed by atoms with van der Waals surface area (Å²) in [5, 5.41) is 14.9. The molecule has 8 nitrogen and oxygen atoms in total. The summed E-state index contributed by atoms with van der Waals surface area (Å²) in [6.07, 6.45) is 2.18. The molecule has 0 radical (unpaired) electrons. The summed E-state index contributed by atoms with van der Waals surface area (Å²) in [5.41, 5.74) is 1.93. The maximum Gasteiger partial charge on any atom is 0.259 e. The fourth-order valence-corrected chi connectivity index (χ4v) is 2.87. The van der Waals surface area contributed by atoms with Gasteiger partial charge in [-0.05, 0) is 47.5 Å². The Morgan fingerprint density at radius 3 is 2.74 bits per heavy atom. The number of amides is 1. The lowest BCUT2D eigenvalue weighted by Crippen LogP contribution is -2.13. The van der Waals surface area contributed by atoms with Gasteiger partial charge in [-0.1, -0.05) is 12.1 Å². The predicted octanol–water partition coefficient (Wildman–Crippen LogP) is 2.94. The standard InChI is InChI=1S/C19H19N5O3/c1-26-15-8-9-16(17(11-15)27-2)19(25)20-13-5-3-4-12(10-13)18-21-22-23-24(18)14-6-7-14/h3-5,8-11,14H,6-7H2,1-2H3,(H,20,25). The van der Waals surface area contributed by atoms with Gasteiger partial charge in [0.1, 0.15) is 11.5 Å². The number of rotatable bonds is 6. The molecule has 0 unspecified atom stereocenters. The van der Waals surface area contributed by atoms with E-state index in [1.165, 1.54) is 7.11 Å². The van der Waals surface area contributed by atoms with Gasteiger partial charge in [0, 0.05) is 17.3 Å². The van der Waals surface area contributed by atoms with Crippen LogP contribution in [0, 0.1) is 0 Å². The van der Waals surface area contributed by atoms with E-state index in [2.05, 4.69) is 20.8 Å². The molecule has 138 valence electrons. The molecule has 1 amide bonds. The Kier molecular flexibility index (Phi) is 4.45. The number of nitrogens with one attached hydrogen (secondary N) is 1. The maximum atomic E-state index is 12.7. The van der Waals surface area contributed by atoms with Gasteiger partial charge < -0.3 is 14.8 Å². The first-order chi connectivity index (χ1) is 13.2. The zero-order valence-corrected chi connectivity index (χ0v) is 15.0. The van der Waals surface area contributed by atoms with E-state index < -0.39 is 0 Å². The average molecular weight is 365 g/mol. The van der Waals surface area contributed by atoms with Crippen molar-refractivity contribution in [2.75, 3.05) is 19.5 Å². The third kappa shape index (κ3) is 3.46. The molecule has 3 aromatic rings. The first-order valence-electron chi connectivity index (χ1n) is 8.61. The zero-order valence-electron chi connectivity index (χ0n) is 15.0. The number of nitrogens with zero attached hydrogens (tertiary/aromatic N) is 4. The van der Waals surface area contributed by atoms with E-state index >= 15 is 0 Å². The molecule has 1 aliphatic rings. The van der Waals surface area contributed by atoms with Crippen LogP contribution in [-0.4, -0.2) is 40.3 Å². The molecule has 1 N–H and O–H groups in total. The van der Waals surface area contributed by atoms with Crippen LogP contribution in [0.15, 0.2) is 42.5 Å². The summed E-state index contributed by atoms with van der Waals surface area (Å²) < 4.78 is 12.3. The van der Waals surface area contributed by atoms with Crippen LogP contribution in [0.3, 0.4) is 0 Å². The molecule has 1 saturated carbocycles. The highest BCUT2D eigenvalue weighted by Gasteiger charge is 2.28. The third-order valence-electron chi connectivity index (χ3n) is 4.42. The number of hydrogen-bond donors (Lipinski definition) is 1. The molecule has 4 rings (SSSR count). The van der Waals surface area contributed by atoms with Crippen molar-refractivity contribution >= 4 is 11.6 Å². The summed E-state index contributed by atoms with van der Waals surface area (Å²) in [7, 11) is 3.08. The molecular weight excluding hydrogens is 346 g/mol. The number of carbonyl (C=O) groups excluding carboxylic acids is 1. The van der Waals surface area contributed by atoms with Gasteiger partial charge in [-0.3, -0.25) is 4.79 Å². The van der Waals surface area contributed by atoms with Crippen LogP contribution in [0.25, 0.3) is 11.4 Å². The van der Waals surface area contributed by atoms with Crippen molar-refractivity contribution in [1.82, 2.24) is 20.2 Å². The minimum Gasteiger partial charge on any atom is -0.497 e. The van der Waals surface area contributed by atoms with Crippen LogP contribution in [0.4, 0.5) is 5.69 Å². The Morgan fingerprint density at radius 2 is 2.00 bits per heavy atom. The molecule has 1 aliphatic carbocycles. The summed E-state index contributed by atoms with van der Waals surface area (Å²) in [6, 6.07) is 12.9. The van der Waals surface area contributed by atoms with Gasteiger partial charge in [0.2, 0.25) is 0 Å². The van der Waals surface area contributed by atoms with E-state index in [0.717, 1.165) is 18.4 Å². The van der Waals surface area contributed by atoms with Crippen LogP contribution in [0.2, 0.25) is 0 Å². The molecular formula is C19H19N5O3. The molecule has 1 fully saturated rings. The van der Waals surface area contributed by atoms with Gasteiger partial charge in [0.15, 0.2) is 5.82 Å². The topological polar surface area (TPSA) is 91.2 Å². The Bertz CT molecular complexity index is 981. The lowest BCUT2D eigenvalue weighted by molar-refractivity contribution is 0.102. The third-order valence-corrected chi connectivity index (χ3v) is 4.42. The molecule has 0 aliphatic heterocycles. The second-order valence-corrected chi connectivity index (χ2v) is 6.28. The lowest BCUT2D eigenvalue weighted by atomic mass is 10.1. The Hall–Kier alpha value is -3.42. The second-order valence-electron chi connectivity index (χ2n) is 6.28. The van der Waals surface area contributed by atoms with Crippen LogP contribution in [0.5, 0.6) is 11.5 Å². The summed E-state index contributed by atoms with van der Waals surface area (Å²) in [5.74, 6) is 1.50. The van der Waals surface area contributed by atoms with E-state index in [9.17, 15) is 4.79 Å². The Balaban J connectivity index is 1.58. The second kappa shape index (κ2) is 7.06. The quantitative estimate of drug-likeness (QED) is 0.722. The highest BCUT2D eigenvalue weighted by atomic mass is 16.5. The van der Waals surface area contributed by atoms with Gasteiger partial charge >= 0.3 is 0 Å². The fourth-order valence-electron chi connectivity index (χ4n) is 2.87. The molecule has 1 heterocycles. The minimum absolute atomic E-state index is 0.270. The van der Waals surface area contributed by atoms with Crippen LogP contribution in [-0.2, 0) is 0 Å². The van der Waals surface area contributed by atoms with Crippen LogP contribution in [0.1, 0.15) is 29.2 Å². The fraction of sp³-hybridized carbons (Fsp3) is 0.263. The summed E-state index contributed by atoms with van der Waals surface area (Å²) in [4.78, 5) is 12.7. The van der Waals surface area contributed by atoms with E-state index in [1.54, 1.807) is 25.3 Å². The van der Waals surface area contributed by atoms with E-state index in [-0.39, 0.29) is 5.91 Å². The lowest BCUT2D eigenvalue weighted by Gasteiger charge is -2.11. The number of hydrogen-bond acceptors (Lipinski definition) is 6. The van der Waals surface area contributed by atoms with Crippen molar-refractivity contribution in [3.05, 3.63) is 48.0 Å². The van der Waals surface area contributed by atoms with Gasteiger partial charge in [-0.25, -0.2) is 4.68 Å². The number of methoxy groups -OCH3 is 2. The number of anilines is 1. The number of carbonyl (C=O) groups is 1. The summed E-state index contributed by atoms with van der Waals surface area (Å²) in [6.45, 7) is 0. The predicted molar refractivity (Wildman–Crippen MR) is 99.0 cm³/mol. The van der Waals surface area contributed by atoms with Crippen molar-refractivity contribution in [1.29, 1.82) is 0 Å². The van der Waals surface area contributed by atoms with Gasteiger partial charge in [-0.15, -0.1) is 5.10 Å². The van der Waals surface area contributed by atoms with Crippen molar-refractivity contribution in [2.45, 2.75) is 18.9 Å². The SMILES string of the molecule is COc1ccc(C(=O)Nc2cccc(-c3nnnn3C3CC3)c2)c(OC)c1. The van der Waals surface area contributed by atoms with Gasteiger partial charge in [0.25, 0.3) is 5.91 Å². The largest absolute Gasteiger partial charge is 0.497 e.